The Balaban J connectivity index is 2.07. The molecule has 0 bridgehead atoms. The van der Waals surface area contributed by atoms with E-state index in [4.69, 9.17) is 0 Å². The van der Waals surface area contributed by atoms with E-state index in [1.54, 1.807) is 12.1 Å². The number of aryl methyl sites for hydroxylation is 1. The SMILES string of the molecule is Cc1csc(NN=Cc2cc(Br)ccc2F)n1. The summed E-state index contributed by atoms with van der Waals surface area (Å²) < 4.78 is 14.2. The van der Waals surface area contributed by atoms with Crippen LogP contribution in [0, 0.1) is 12.7 Å². The summed E-state index contributed by atoms with van der Waals surface area (Å²) in [5.41, 5.74) is 4.10. The number of nitrogens with one attached hydrogen (secondary N) is 1. The van der Waals surface area contributed by atoms with Gasteiger partial charge >= 0.3 is 0 Å². The van der Waals surface area contributed by atoms with Gasteiger partial charge in [-0.05, 0) is 25.1 Å². The van der Waals surface area contributed by atoms with Gasteiger partial charge in [0.25, 0.3) is 0 Å². The fraction of sp³-hybridized carbons (Fsp3) is 0.0909. The van der Waals surface area contributed by atoms with Crippen LogP contribution in [-0.2, 0) is 0 Å². The van der Waals surface area contributed by atoms with E-state index >= 15 is 0 Å². The van der Waals surface area contributed by atoms with Gasteiger partial charge in [-0.15, -0.1) is 11.3 Å². The summed E-state index contributed by atoms with van der Waals surface area (Å²) in [6, 6.07) is 4.69. The predicted molar refractivity (Wildman–Crippen MR) is 72.2 cm³/mol. The maximum atomic E-state index is 13.3. The molecule has 0 spiro atoms. The smallest absolute Gasteiger partial charge is 0.203 e. The second-order valence-electron chi connectivity index (χ2n) is 3.33. The molecule has 2 aromatic rings. The van der Waals surface area contributed by atoms with E-state index in [2.05, 4.69) is 31.4 Å². The summed E-state index contributed by atoms with van der Waals surface area (Å²) >= 11 is 4.73. The zero-order valence-corrected chi connectivity index (χ0v) is 11.3. The summed E-state index contributed by atoms with van der Waals surface area (Å²) in [5, 5.41) is 6.54. The summed E-state index contributed by atoms with van der Waals surface area (Å²) in [5.74, 6) is -0.311. The van der Waals surface area contributed by atoms with Gasteiger partial charge in [0.2, 0.25) is 5.13 Å². The van der Waals surface area contributed by atoms with Crippen LogP contribution < -0.4 is 5.43 Å². The highest BCUT2D eigenvalue weighted by atomic mass is 79.9. The minimum absolute atomic E-state index is 0.311. The van der Waals surface area contributed by atoms with Gasteiger partial charge < -0.3 is 0 Å². The summed E-state index contributed by atoms with van der Waals surface area (Å²) in [4.78, 5) is 4.17. The number of thiazole rings is 1. The Morgan fingerprint density at radius 2 is 2.35 bits per heavy atom. The zero-order valence-electron chi connectivity index (χ0n) is 8.95. The third kappa shape index (κ3) is 3.34. The van der Waals surface area contributed by atoms with Crippen molar-refractivity contribution in [2.45, 2.75) is 6.92 Å². The lowest BCUT2D eigenvalue weighted by atomic mass is 10.2. The van der Waals surface area contributed by atoms with Crippen LogP contribution in [0.1, 0.15) is 11.3 Å². The van der Waals surface area contributed by atoms with Gasteiger partial charge in [-0.1, -0.05) is 15.9 Å². The summed E-state index contributed by atoms with van der Waals surface area (Å²) in [7, 11) is 0. The summed E-state index contributed by atoms with van der Waals surface area (Å²) in [6.07, 6.45) is 1.43. The molecule has 0 aliphatic heterocycles. The fourth-order valence-electron chi connectivity index (χ4n) is 1.18. The maximum Gasteiger partial charge on any atom is 0.203 e. The first-order valence-electron chi connectivity index (χ1n) is 4.81. The standard InChI is InChI=1S/C11H9BrFN3S/c1-7-6-17-11(15-7)16-14-5-8-4-9(12)2-3-10(8)13/h2-6H,1H3,(H,15,16). The van der Waals surface area contributed by atoms with E-state index in [-0.39, 0.29) is 5.82 Å². The predicted octanol–water partition coefficient (Wildman–Crippen LogP) is 3.80. The number of hydrogen-bond donors (Lipinski definition) is 1. The second-order valence-corrected chi connectivity index (χ2v) is 5.10. The van der Waals surface area contributed by atoms with Crippen LogP contribution >= 0.6 is 27.3 Å². The van der Waals surface area contributed by atoms with Gasteiger partial charge in [-0.25, -0.2) is 9.37 Å². The molecule has 88 valence electrons. The highest BCUT2D eigenvalue weighted by Gasteiger charge is 2.00. The first-order valence-corrected chi connectivity index (χ1v) is 6.48. The highest BCUT2D eigenvalue weighted by Crippen LogP contribution is 2.15. The number of hydrazone groups is 1. The topological polar surface area (TPSA) is 37.3 Å². The molecule has 3 nitrogen and oxygen atoms in total. The van der Waals surface area contributed by atoms with E-state index in [9.17, 15) is 4.39 Å². The first-order chi connectivity index (χ1) is 8.15. The molecule has 0 unspecified atom stereocenters. The van der Waals surface area contributed by atoms with Crippen molar-refractivity contribution in [2.75, 3.05) is 5.43 Å². The quantitative estimate of drug-likeness (QED) is 0.691. The zero-order chi connectivity index (χ0) is 12.3. The highest BCUT2D eigenvalue weighted by molar-refractivity contribution is 9.10. The molecule has 0 amide bonds. The summed E-state index contributed by atoms with van der Waals surface area (Å²) in [6.45, 7) is 1.90. The third-order valence-corrected chi connectivity index (χ3v) is 3.30. The molecule has 17 heavy (non-hydrogen) atoms. The Kier molecular flexibility index (Phi) is 3.86. The van der Waals surface area contributed by atoms with Crippen molar-refractivity contribution in [3.63, 3.8) is 0 Å². The molecular weight excluding hydrogens is 305 g/mol. The first kappa shape index (κ1) is 12.2. The van der Waals surface area contributed by atoms with Crippen molar-refractivity contribution >= 4 is 38.6 Å². The molecule has 0 saturated carbocycles. The molecule has 0 fully saturated rings. The Morgan fingerprint density at radius 3 is 3.06 bits per heavy atom. The molecule has 1 aromatic heterocycles. The number of benzene rings is 1. The minimum atomic E-state index is -0.311. The molecule has 0 radical (unpaired) electrons. The van der Waals surface area contributed by atoms with Crippen LogP contribution in [0.5, 0.6) is 0 Å². The van der Waals surface area contributed by atoms with E-state index in [0.29, 0.717) is 10.7 Å². The Hall–Kier alpha value is -1.27. The fourth-order valence-corrected chi connectivity index (χ4v) is 2.19. The molecule has 0 aliphatic rings. The van der Waals surface area contributed by atoms with E-state index in [0.717, 1.165) is 10.2 Å². The van der Waals surface area contributed by atoms with Gasteiger partial charge in [-0.2, -0.15) is 5.10 Å². The van der Waals surface area contributed by atoms with Gasteiger partial charge in [0.1, 0.15) is 5.82 Å². The van der Waals surface area contributed by atoms with Gasteiger partial charge in [0.15, 0.2) is 0 Å². The second kappa shape index (κ2) is 5.37. The van der Waals surface area contributed by atoms with E-state index in [1.807, 2.05) is 12.3 Å². The van der Waals surface area contributed by atoms with Crippen molar-refractivity contribution in [2.24, 2.45) is 5.10 Å². The largest absolute Gasteiger partial charge is 0.253 e. The molecule has 2 rings (SSSR count). The van der Waals surface area contributed by atoms with Crippen molar-refractivity contribution in [1.82, 2.24) is 4.98 Å². The number of anilines is 1. The van der Waals surface area contributed by atoms with Gasteiger partial charge in [0.05, 0.1) is 11.9 Å². The molecule has 1 N–H and O–H groups in total. The van der Waals surface area contributed by atoms with Crippen molar-refractivity contribution in [3.8, 4) is 0 Å². The van der Waals surface area contributed by atoms with Crippen LogP contribution in [0.2, 0.25) is 0 Å². The number of rotatable bonds is 3. The van der Waals surface area contributed by atoms with Gasteiger partial charge in [-0.3, -0.25) is 5.43 Å². The minimum Gasteiger partial charge on any atom is -0.253 e. The number of halogens is 2. The van der Waals surface area contributed by atoms with E-state index in [1.165, 1.54) is 23.6 Å². The maximum absolute atomic E-state index is 13.3. The van der Waals surface area contributed by atoms with E-state index < -0.39 is 0 Å². The molecular formula is C11H9BrFN3S. The van der Waals surface area contributed by atoms with Crippen LogP contribution in [0.4, 0.5) is 9.52 Å². The van der Waals surface area contributed by atoms with Gasteiger partial charge in [0, 0.05) is 15.4 Å². The number of nitrogens with zero attached hydrogens (tertiary/aromatic N) is 2. The average molecular weight is 314 g/mol. The Morgan fingerprint density at radius 1 is 1.53 bits per heavy atom. The average Bonchev–Trinajstić information content (AvgIpc) is 2.69. The van der Waals surface area contributed by atoms with Crippen LogP contribution in [0.15, 0.2) is 33.2 Å². The van der Waals surface area contributed by atoms with Crippen LogP contribution in [0.25, 0.3) is 0 Å². The molecule has 0 aliphatic carbocycles. The lowest BCUT2D eigenvalue weighted by Crippen LogP contribution is -1.93. The Labute approximate surface area is 111 Å². The molecule has 6 heteroatoms. The molecule has 0 saturated heterocycles. The third-order valence-electron chi connectivity index (χ3n) is 1.94. The van der Waals surface area contributed by atoms with Crippen molar-refractivity contribution in [3.05, 3.63) is 45.1 Å². The normalized spacial score (nSPS) is 11.0. The van der Waals surface area contributed by atoms with Crippen molar-refractivity contribution in [1.29, 1.82) is 0 Å². The lowest BCUT2D eigenvalue weighted by Gasteiger charge is -1.97. The van der Waals surface area contributed by atoms with Crippen molar-refractivity contribution < 1.29 is 4.39 Å². The Bertz CT molecular complexity index is 553. The van der Waals surface area contributed by atoms with Crippen LogP contribution in [0.3, 0.4) is 0 Å². The molecule has 0 atom stereocenters. The van der Waals surface area contributed by atoms with Crippen LogP contribution in [-0.4, -0.2) is 11.2 Å². The monoisotopic (exact) mass is 313 g/mol. The molecule has 1 heterocycles. The number of hydrogen-bond acceptors (Lipinski definition) is 4. The molecule has 1 aromatic carbocycles. The lowest BCUT2D eigenvalue weighted by molar-refractivity contribution is 0.625. The number of aromatic nitrogens is 1.